The van der Waals surface area contributed by atoms with Gasteiger partial charge in [0.15, 0.2) is 11.5 Å². The van der Waals surface area contributed by atoms with Gasteiger partial charge >= 0.3 is 0 Å². The number of Topliss-reactive ketones (excluding diaryl/α,β-unsaturated/α-hetero) is 1. The summed E-state index contributed by atoms with van der Waals surface area (Å²) in [6.07, 6.45) is 0. The summed E-state index contributed by atoms with van der Waals surface area (Å²) in [5.41, 5.74) is 1.47. The van der Waals surface area contributed by atoms with Crippen molar-refractivity contribution < 1.29 is 9.21 Å². The van der Waals surface area contributed by atoms with Crippen molar-refractivity contribution in [1.82, 2.24) is 9.97 Å². The molecule has 1 unspecified atom stereocenters. The van der Waals surface area contributed by atoms with Gasteiger partial charge in [0.1, 0.15) is 11.2 Å². The summed E-state index contributed by atoms with van der Waals surface area (Å²) in [4.78, 5) is 20.6. The molecule has 0 fully saturated rings. The zero-order valence-electron chi connectivity index (χ0n) is 10.5. The van der Waals surface area contributed by atoms with Crippen molar-refractivity contribution in [2.24, 2.45) is 0 Å². The Balaban J connectivity index is 2.01. The Labute approximate surface area is 118 Å². The van der Waals surface area contributed by atoms with Crippen LogP contribution in [0.4, 0.5) is 0 Å². The monoisotopic (exact) mass is 283 g/mol. The standard InChI is InChI=1S/C14H9N3O2S/c1-8-16-11(7-20-8)13(18)9(6-15)14-17-10-4-2-3-5-12(10)19-14/h2-5,7,9H,1H3. The van der Waals surface area contributed by atoms with Crippen LogP contribution in [0.2, 0.25) is 0 Å². The molecule has 2 aromatic heterocycles. The predicted molar refractivity (Wildman–Crippen MR) is 73.5 cm³/mol. The van der Waals surface area contributed by atoms with Gasteiger partial charge in [0.2, 0.25) is 11.7 Å². The van der Waals surface area contributed by atoms with Gasteiger partial charge in [0.25, 0.3) is 0 Å². The van der Waals surface area contributed by atoms with E-state index in [1.165, 1.54) is 11.3 Å². The summed E-state index contributed by atoms with van der Waals surface area (Å²) in [6, 6.07) is 9.10. The highest BCUT2D eigenvalue weighted by Crippen LogP contribution is 2.24. The number of nitrogens with zero attached hydrogens (tertiary/aromatic N) is 3. The van der Waals surface area contributed by atoms with Crippen molar-refractivity contribution in [2.75, 3.05) is 0 Å². The van der Waals surface area contributed by atoms with Gasteiger partial charge in [-0.1, -0.05) is 12.1 Å². The predicted octanol–water partition coefficient (Wildman–Crippen LogP) is 3.08. The van der Waals surface area contributed by atoms with Crippen LogP contribution in [-0.4, -0.2) is 15.8 Å². The number of oxazole rings is 1. The molecule has 98 valence electrons. The maximum atomic E-state index is 12.3. The van der Waals surface area contributed by atoms with Gasteiger partial charge in [-0.15, -0.1) is 11.3 Å². The quantitative estimate of drug-likeness (QED) is 0.690. The van der Waals surface area contributed by atoms with Crippen molar-refractivity contribution in [3.8, 4) is 6.07 Å². The van der Waals surface area contributed by atoms with E-state index in [0.29, 0.717) is 11.1 Å². The first-order valence-corrected chi connectivity index (χ1v) is 6.78. The molecule has 0 aliphatic heterocycles. The fourth-order valence-electron chi connectivity index (χ4n) is 1.86. The molecular weight excluding hydrogens is 274 g/mol. The van der Waals surface area contributed by atoms with E-state index in [4.69, 9.17) is 4.42 Å². The van der Waals surface area contributed by atoms with Gasteiger partial charge in [-0.2, -0.15) is 5.26 Å². The van der Waals surface area contributed by atoms with E-state index in [1.807, 2.05) is 25.1 Å². The fourth-order valence-corrected chi connectivity index (χ4v) is 2.47. The first kappa shape index (κ1) is 12.5. The van der Waals surface area contributed by atoms with Gasteiger partial charge < -0.3 is 4.42 Å². The van der Waals surface area contributed by atoms with Crippen molar-refractivity contribution in [1.29, 1.82) is 5.26 Å². The third kappa shape index (κ3) is 2.08. The smallest absolute Gasteiger partial charge is 0.220 e. The van der Waals surface area contributed by atoms with Gasteiger partial charge in [-0.05, 0) is 19.1 Å². The number of aromatic nitrogens is 2. The van der Waals surface area contributed by atoms with Gasteiger partial charge in [-0.3, -0.25) is 4.79 Å². The maximum Gasteiger partial charge on any atom is 0.220 e. The highest BCUT2D eigenvalue weighted by molar-refractivity contribution is 7.09. The highest BCUT2D eigenvalue weighted by atomic mass is 32.1. The van der Waals surface area contributed by atoms with Crippen LogP contribution in [0.5, 0.6) is 0 Å². The molecule has 5 nitrogen and oxygen atoms in total. The number of hydrogen-bond acceptors (Lipinski definition) is 6. The van der Waals surface area contributed by atoms with Crippen LogP contribution in [0.3, 0.4) is 0 Å². The average Bonchev–Trinajstić information content (AvgIpc) is 3.05. The molecular formula is C14H9N3O2S. The summed E-state index contributed by atoms with van der Waals surface area (Å²) in [7, 11) is 0. The molecule has 0 aliphatic carbocycles. The molecule has 1 atom stereocenters. The van der Waals surface area contributed by atoms with Crippen molar-refractivity contribution >= 4 is 28.2 Å². The highest BCUT2D eigenvalue weighted by Gasteiger charge is 2.28. The molecule has 0 bridgehead atoms. The lowest BCUT2D eigenvalue weighted by molar-refractivity contribution is 0.0966. The zero-order valence-corrected chi connectivity index (χ0v) is 11.3. The molecule has 0 N–H and O–H groups in total. The van der Waals surface area contributed by atoms with Crippen LogP contribution in [0.1, 0.15) is 27.3 Å². The van der Waals surface area contributed by atoms with Crippen molar-refractivity contribution in [2.45, 2.75) is 12.8 Å². The Hall–Kier alpha value is -2.52. The minimum atomic E-state index is -1.07. The summed E-state index contributed by atoms with van der Waals surface area (Å²) >= 11 is 1.37. The molecule has 0 amide bonds. The first-order chi connectivity index (χ1) is 9.69. The summed E-state index contributed by atoms with van der Waals surface area (Å²) in [5, 5.41) is 11.7. The molecule has 6 heteroatoms. The molecule has 1 aromatic carbocycles. The number of para-hydroxylation sites is 2. The Morgan fingerprint density at radius 2 is 2.20 bits per heavy atom. The molecule has 3 aromatic rings. The third-order valence-corrected chi connectivity index (χ3v) is 3.59. The second-order valence-electron chi connectivity index (χ2n) is 4.20. The van der Waals surface area contributed by atoms with E-state index in [9.17, 15) is 10.1 Å². The van der Waals surface area contributed by atoms with E-state index in [-0.39, 0.29) is 17.4 Å². The minimum Gasteiger partial charge on any atom is -0.439 e. The van der Waals surface area contributed by atoms with Crippen LogP contribution in [0.25, 0.3) is 11.1 Å². The molecule has 0 saturated heterocycles. The van der Waals surface area contributed by atoms with Gasteiger partial charge in [0, 0.05) is 5.38 Å². The van der Waals surface area contributed by atoms with Crippen LogP contribution in [-0.2, 0) is 0 Å². The molecule has 0 radical (unpaired) electrons. The Morgan fingerprint density at radius 1 is 1.40 bits per heavy atom. The summed E-state index contributed by atoms with van der Waals surface area (Å²) < 4.78 is 5.49. The lowest BCUT2D eigenvalue weighted by Gasteiger charge is -2.00. The lowest BCUT2D eigenvalue weighted by Crippen LogP contribution is -2.12. The van der Waals surface area contributed by atoms with E-state index in [2.05, 4.69) is 9.97 Å². The van der Waals surface area contributed by atoms with Crippen LogP contribution in [0.15, 0.2) is 34.1 Å². The molecule has 2 heterocycles. The number of thiazole rings is 1. The molecule has 0 aliphatic rings. The second-order valence-corrected chi connectivity index (χ2v) is 5.26. The van der Waals surface area contributed by atoms with Crippen LogP contribution >= 0.6 is 11.3 Å². The Morgan fingerprint density at radius 3 is 2.85 bits per heavy atom. The first-order valence-electron chi connectivity index (χ1n) is 5.90. The number of hydrogen-bond donors (Lipinski definition) is 0. The number of aryl methyl sites for hydroxylation is 1. The van der Waals surface area contributed by atoms with E-state index in [1.54, 1.807) is 17.5 Å². The number of nitriles is 1. The fraction of sp³-hybridized carbons (Fsp3) is 0.143. The number of ketones is 1. The third-order valence-electron chi connectivity index (χ3n) is 2.82. The summed E-state index contributed by atoms with van der Waals surface area (Å²) in [5.74, 6) is -1.34. The van der Waals surface area contributed by atoms with E-state index < -0.39 is 5.92 Å². The number of carbonyl (C=O) groups excluding carboxylic acids is 1. The normalized spacial score (nSPS) is 12.2. The van der Waals surface area contributed by atoms with Crippen LogP contribution < -0.4 is 0 Å². The number of fused-ring (bicyclic) bond motifs is 1. The molecule has 0 spiro atoms. The van der Waals surface area contributed by atoms with Crippen molar-refractivity contribution in [3.63, 3.8) is 0 Å². The number of rotatable bonds is 3. The number of carbonyl (C=O) groups is 1. The van der Waals surface area contributed by atoms with Crippen LogP contribution in [0, 0.1) is 18.3 Å². The molecule has 0 saturated carbocycles. The second kappa shape index (κ2) is 4.87. The lowest BCUT2D eigenvalue weighted by atomic mass is 10.0. The minimum absolute atomic E-state index is 0.115. The van der Waals surface area contributed by atoms with Crippen molar-refractivity contribution in [3.05, 3.63) is 46.2 Å². The maximum absolute atomic E-state index is 12.3. The topological polar surface area (TPSA) is 79.8 Å². The van der Waals surface area contributed by atoms with E-state index >= 15 is 0 Å². The summed E-state index contributed by atoms with van der Waals surface area (Å²) in [6.45, 7) is 1.81. The Bertz CT molecular complexity index is 795. The zero-order chi connectivity index (χ0) is 14.1. The van der Waals surface area contributed by atoms with Gasteiger partial charge in [-0.25, -0.2) is 9.97 Å². The van der Waals surface area contributed by atoms with Gasteiger partial charge in [0.05, 0.1) is 11.1 Å². The molecule has 20 heavy (non-hydrogen) atoms. The molecule has 3 rings (SSSR count). The van der Waals surface area contributed by atoms with E-state index in [0.717, 1.165) is 5.01 Å². The SMILES string of the molecule is Cc1nc(C(=O)C(C#N)c2nc3ccccc3o2)cs1. The Kier molecular flexibility index (Phi) is 3.05. The largest absolute Gasteiger partial charge is 0.439 e. The average molecular weight is 283 g/mol. The number of benzene rings is 1.